The van der Waals surface area contributed by atoms with Crippen molar-refractivity contribution in [2.24, 2.45) is 5.41 Å². The molecule has 1 fully saturated rings. The summed E-state index contributed by atoms with van der Waals surface area (Å²) >= 11 is 2.39. The van der Waals surface area contributed by atoms with Gasteiger partial charge in [-0.3, -0.25) is 0 Å². The SMILES string of the molecule is CC1(C)CCN(I)C1. The summed E-state index contributed by atoms with van der Waals surface area (Å²) < 4.78 is 2.36. The summed E-state index contributed by atoms with van der Waals surface area (Å²) in [4.78, 5) is 0. The Morgan fingerprint density at radius 2 is 2.12 bits per heavy atom. The van der Waals surface area contributed by atoms with Crippen molar-refractivity contribution in [2.75, 3.05) is 13.1 Å². The van der Waals surface area contributed by atoms with Crippen molar-refractivity contribution in [3.05, 3.63) is 0 Å². The predicted octanol–water partition coefficient (Wildman–Crippen LogP) is 2.07. The highest BCUT2D eigenvalue weighted by Crippen LogP contribution is 2.30. The summed E-state index contributed by atoms with van der Waals surface area (Å²) in [6.45, 7) is 7.18. The highest BCUT2D eigenvalue weighted by molar-refractivity contribution is 14.1. The van der Waals surface area contributed by atoms with Gasteiger partial charge in [0, 0.05) is 36.0 Å². The maximum Gasteiger partial charge on any atom is 0.0201 e. The summed E-state index contributed by atoms with van der Waals surface area (Å²) in [5.74, 6) is 0. The summed E-state index contributed by atoms with van der Waals surface area (Å²) in [6.07, 6.45) is 1.36. The Balaban J connectivity index is 2.44. The molecule has 8 heavy (non-hydrogen) atoms. The zero-order valence-corrected chi connectivity index (χ0v) is 7.60. The molecule has 1 saturated heterocycles. The zero-order valence-electron chi connectivity index (χ0n) is 5.45. The van der Waals surface area contributed by atoms with Crippen molar-refractivity contribution < 1.29 is 0 Å². The van der Waals surface area contributed by atoms with Gasteiger partial charge in [-0.25, -0.2) is 3.11 Å². The Morgan fingerprint density at radius 1 is 1.50 bits per heavy atom. The predicted molar refractivity (Wildman–Crippen MR) is 44.0 cm³/mol. The Bertz CT molecular complexity index is 90.5. The van der Waals surface area contributed by atoms with E-state index < -0.39 is 0 Å². The van der Waals surface area contributed by atoms with E-state index in [2.05, 4.69) is 39.8 Å². The molecule has 0 aromatic rings. The molecule has 0 spiro atoms. The molecule has 2 heteroatoms. The second kappa shape index (κ2) is 2.14. The molecule has 1 aliphatic rings. The number of nitrogens with zero attached hydrogens (tertiary/aromatic N) is 1. The van der Waals surface area contributed by atoms with Gasteiger partial charge in [0.15, 0.2) is 0 Å². The summed E-state index contributed by atoms with van der Waals surface area (Å²) in [6, 6.07) is 0. The van der Waals surface area contributed by atoms with Gasteiger partial charge < -0.3 is 0 Å². The van der Waals surface area contributed by atoms with Crippen molar-refractivity contribution in [3.63, 3.8) is 0 Å². The van der Waals surface area contributed by atoms with E-state index >= 15 is 0 Å². The molecule has 1 nitrogen and oxygen atoms in total. The van der Waals surface area contributed by atoms with Crippen LogP contribution in [0, 0.1) is 5.41 Å². The van der Waals surface area contributed by atoms with Crippen molar-refractivity contribution in [1.29, 1.82) is 0 Å². The molecule has 0 saturated carbocycles. The Morgan fingerprint density at radius 3 is 2.25 bits per heavy atom. The lowest BCUT2D eigenvalue weighted by atomic mass is 9.93. The highest BCUT2D eigenvalue weighted by atomic mass is 127. The van der Waals surface area contributed by atoms with E-state index in [0.717, 1.165) is 0 Å². The van der Waals surface area contributed by atoms with E-state index in [4.69, 9.17) is 0 Å². The standard InChI is InChI=1S/C6H12IN/c1-6(2)3-4-8(7)5-6/h3-5H2,1-2H3. The number of hydrogen-bond donors (Lipinski definition) is 0. The molecule has 1 rings (SSSR count). The summed E-state index contributed by atoms with van der Waals surface area (Å²) in [5, 5.41) is 0. The van der Waals surface area contributed by atoms with Gasteiger partial charge in [-0.15, -0.1) is 0 Å². The zero-order chi connectivity index (χ0) is 6.20. The van der Waals surface area contributed by atoms with Crippen LogP contribution in [0.5, 0.6) is 0 Å². The fraction of sp³-hybridized carbons (Fsp3) is 1.00. The topological polar surface area (TPSA) is 3.24 Å². The second-order valence-corrected chi connectivity index (χ2v) is 4.62. The minimum absolute atomic E-state index is 0.585. The molecular formula is C6H12IN. The molecule has 0 aromatic heterocycles. The quantitative estimate of drug-likeness (QED) is 0.450. The van der Waals surface area contributed by atoms with Gasteiger partial charge in [-0.2, -0.15) is 0 Å². The molecule has 1 heterocycles. The van der Waals surface area contributed by atoms with Crippen LogP contribution in [0.15, 0.2) is 0 Å². The summed E-state index contributed by atoms with van der Waals surface area (Å²) in [7, 11) is 0. The van der Waals surface area contributed by atoms with Gasteiger partial charge in [0.05, 0.1) is 0 Å². The highest BCUT2D eigenvalue weighted by Gasteiger charge is 2.27. The average molecular weight is 225 g/mol. The van der Waals surface area contributed by atoms with Crippen LogP contribution in [0.3, 0.4) is 0 Å². The number of halogens is 1. The number of rotatable bonds is 0. The first-order chi connectivity index (χ1) is 3.60. The lowest BCUT2D eigenvalue weighted by molar-refractivity contribution is 0.396. The van der Waals surface area contributed by atoms with Crippen LogP contribution < -0.4 is 0 Å². The fourth-order valence-electron chi connectivity index (χ4n) is 1.05. The molecule has 0 atom stereocenters. The van der Waals surface area contributed by atoms with E-state index in [1.165, 1.54) is 19.5 Å². The van der Waals surface area contributed by atoms with E-state index in [9.17, 15) is 0 Å². The van der Waals surface area contributed by atoms with Crippen LogP contribution in [0.1, 0.15) is 20.3 Å². The lowest BCUT2D eigenvalue weighted by Crippen LogP contribution is -2.13. The Labute approximate surface area is 64.9 Å². The van der Waals surface area contributed by atoms with E-state index in [1.807, 2.05) is 0 Å². The first-order valence-electron chi connectivity index (χ1n) is 3.01. The molecule has 0 radical (unpaired) electrons. The minimum atomic E-state index is 0.585. The third-order valence-electron chi connectivity index (χ3n) is 1.63. The van der Waals surface area contributed by atoms with Crippen molar-refractivity contribution in [3.8, 4) is 0 Å². The van der Waals surface area contributed by atoms with Crippen molar-refractivity contribution in [1.82, 2.24) is 3.11 Å². The smallest absolute Gasteiger partial charge is 0.0201 e. The number of hydrogen-bond acceptors (Lipinski definition) is 1. The average Bonchev–Trinajstić information content (AvgIpc) is 1.82. The normalized spacial score (nSPS) is 28.9. The molecule has 48 valence electrons. The molecule has 0 N–H and O–H groups in total. The molecular weight excluding hydrogens is 213 g/mol. The van der Waals surface area contributed by atoms with E-state index in [0.29, 0.717) is 5.41 Å². The van der Waals surface area contributed by atoms with Gasteiger partial charge in [0.1, 0.15) is 0 Å². The first-order valence-corrected chi connectivity index (χ1v) is 3.97. The van der Waals surface area contributed by atoms with Crippen LogP contribution in [0.25, 0.3) is 0 Å². The molecule has 0 bridgehead atoms. The van der Waals surface area contributed by atoms with Crippen LogP contribution in [-0.2, 0) is 0 Å². The first kappa shape index (κ1) is 6.81. The summed E-state index contributed by atoms with van der Waals surface area (Å²) in [5.41, 5.74) is 0.585. The molecule has 0 amide bonds. The monoisotopic (exact) mass is 225 g/mol. The molecule has 0 unspecified atom stereocenters. The molecule has 0 aliphatic carbocycles. The van der Waals surface area contributed by atoms with E-state index in [-0.39, 0.29) is 0 Å². The molecule has 1 aliphatic heterocycles. The Hall–Kier alpha value is 0.690. The van der Waals surface area contributed by atoms with Crippen LogP contribution in [0.4, 0.5) is 0 Å². The van der Waals surface area contributed by atoms with Gasteiger partial charge in [-0.1, -0.05) is 13.8 Å². The van der Waals surface area contributed by atoms with Gasteiger partial charge >= 0.3 is 0 Å². The van der Waals surface area contributed by atoms with Crippen molar-refractivity contribution >= 4 is 22.9 Å². The lowest BCUT2D eigenvalue weighted by Gasteiger charge is -2.14. The van der Waals surface area contributed by atoms with Crippen molar-refractivity contribution in [2.45, 2.75) is 20.3 Å². The maximum atomic E-state index is 2.39. The minimum Gasteiger partial charge on any atom is -0.247 e. The largest absolute Gasteiger partial charge is 0.247 e. The molecule has 0 aromatic carbocycles. The fourth-order valence-corrected chi connectivity index (χ4v) is 2.21. The van der Waals surface area contributed by atoms with E-state index in [1.54, 1.807) is 0 Å². The van der Waals surface area contributed by atoms with Gasteiger partial charge in [0.25, 0.3) is 0 Å². The van der Waals surface area contributed by atoms with Crippen LogP contribution in [-0.4, -0.2) is 16.2 Å². The van der Waals surface area contributed by atoms with Gasteiger partial charge in [-0.05, 0) is 11.8 Å². The third-order valence-corrected chi connectivity index (χ3v) is 2.45. The second-order valence-electron chi connectivity index (χ2n) is 3.26. The van der Waals surface area contributed by atoms with Gasteiger partial charge in [0.2, 0.25) is 0 Å². The maximum absolute atomic E-state index is 2.39. The van der Waals surface area contributed by atoms with Crippen LogP contribution >= 0.6 is 22.9 Å². The third kappa shape index (κ3) is 1.58. The van der Waals surface area contributed by atoms with Crippen LogP contribution in [0.2, 0.25) is 0 Å². The Kier molecular flexibility index (Phi) is 1.82.